The van der Waals surface area contributed by atoms with Crippen LogP contribution in [0.2, 0.25) is 0 Å². The number of Topliss-reactive ketones (excluding diaryl/α,β-unsaturated/α-hetero) is 1. The molecular formula is C20H18N2O5S. The third-order valence-corrected chi connectivity index (χ3v) is 5.33. The summed E-state index contributed by atoms with van der Waals surface area (Å²) in [6, 6.07) is 12.8. The predicted molar refractivity (Wildman–Crippen MR) is 104 cm³/mol. The van der Waals surface area contributed by atoms with E-state index in [0.717, 1.165) is 5.56 Å². The second-order valence-electron chi connectivity index (χ2n) is 6.04. The van der Waals surface area contributed by atoms with Gasteiger partial charge in [0.05, 0.1) is 22.9 Å². The molecule has 0 unspecified atom stereocenters. The van der Waals surface area contributed by atoms with E-state index in [4.69, 9.17) is 4.74 Å². The van der Waals surface area contributed by atoms with E-state index in [1.807, 2.05) is 6.92 Å². The van der Waals surface area contributed by atoms with Crippen molar-refractivity contribution in [2.75, 3.05) is 6.61 Å². The number of ketones is 1. The first-order valence-electron chi connectivity index (χ1n) is 8.53. The van der Waals surface area contributed by atoms with Crippen LogP contribution in [-0.4, -0.2) is 32.6 Å². The number of ether oxygens (including phenoxy) is 1. The van der Waals surface area contributed by atoms with E-state index in [-0.39, 0.29) is 28.5 Å². The van der Waals surface area contributed by atoms with E-state index in [1.165, 1.54) is 18.2 Å². The monoisotopic (exact) mass is 398 g/mol. The average Bonchev–Trinajstić information content (AvgIpc) is 2.66. The molecule has 1 aliphatic carbocycles. The Kier molecular flexibility index (Phi) is 5.41. The van der Waals surface area contributed by atoms with Crippen LogP contribution in [0.4, 0.5) is 4.79 Å². The molecule has 0 spiro atoms. The SMILES string of the molecule is CCOC(=O)NC1=CC(=NS(=O)(=O)c2ccc(C)cc2)c2ccccc2C1=O. The normalized spacial score (nSPS) is 15.0. The number of carbonyl (C=O) groups excluding carboxylic acids is 2. The Hall–Kier alpha value is -3.26. The van der Waals surface area contributed by atoms with Crippen LogP contribution in [0, 0.1) is 6.92 Å². The quantitative estimate of drug-likeness (QED) is 0.853. The third-order valence-electron chi connectivity index (χ3n) is 4.02. The fraction of sp³-hybridized carbons (Fsp3) is 0.150. The molecule has 2 aromatic rings. The van der Waals surface area contributed by atoms with E-state index < -0.39 is 21.9 Å². The van der Waals surface area contributed by atoms with Gasteiger partial charge in [-0.05, 0) is 32.1 Å². The number of sulfonamides is 1. The molecule has 0 bridgehead atoms. The van der Waals surface area contributed by atoms with Gasteiger partial charge in [-0.25, -0.2) is 4.79 Å². The number of nitrogens with zero attached hydrogens (tertiary/aromatic N) is 1. The summed E-state index contributed by atoms with van der Waals surface area (Å²) in [6.07, 6.45) is 0.440. The molecule has 7 nitrogen and oxygen atoms in total. The van der Waals surface area contributed by atoms with Gasteiger partial charge in [0.15, 0.2) is 0 Å². The van der Waals surface area contributed by atoms with Crippen molar-refractivity contribution >= 4 is 27.6 Å². The van der Waals surface area contributed by atoms with Gasteiger partial charge >= 0.3 is 6.09 Å². The first-order chi connectivity index (χ1) is 13.3. The van der Waals surface area contributed by atoms with Crippen LogP contribution in [0.5, 0.6) is 0 Å². The number of hydrogen-bond donors (Lipinski definition) is 1. The summed E-state index contributed by atoms with van der Waals surface area (Å²) >= 11 is 0. The maximum absolute atomic E-state index is 12.7. The molecule has 1 aliphatic rings. The summed E-state index contributed by atoms with van der Waals surface area (Å²) in [4.78, 5) is 24.4. The second-order valence-corrected chi connectivity index (χ2v) is 7.65. The maximum atomic E-state index is 12.7. The lowest BCUT2D eigenvalue weighted by molar-refractivity contribution is 0.101. The van der Waals surface area contributed by atoms with Gasteiger partial charge in [0.1, 0.15) is 0 Å². The van der Waals surface area contributed by atoms with Crippen LogP contribution in [0.15, 0.2) is 69.6 Å². The highest BCUT2D eigenvalue weighted by molar-refractivity contribution is 7.90. The summed E-state index contributed by atoms with van der Waals surface area (Å²) in [6.45, 7) is 3.61. The molecule has 3 rings (SSSR count). The highest BCUT2D eigenvalue weighted by Crippen LogP contribution is 2.23. The van der Waals surface area contributed by atoms with Crippen molar-refractivity contribution in [1.82, 2.24) is 5.32 Å². The fourth-order valence-electron chi connectivity index (χ4n) is 2.67. The molecule has 0 saturated heterocycles. The van der Waals surface area contributed by atoms with Gasteiger partial charge in [-0.2, -0.15) is 12.8 Å². The van der Waals surface area contributed by atoms with Gasteiger partial charge in [0, 0.05) is 11.1 Å². The number of allylic oxidation sites excluding steroid dienone is 2. The van der Waals surface area contributed by atoms with Crippen molar-refractivity contribution in [1.29, 1.82) is 0 Å². The lowest BCUT2D eigenvalue weighted by atomic mass is 9.92. The molecule has 0 aliphatic heterocycles. The molecule has 28 heavy (non-hydrogen) atoms. The van der Waals surface area contributed by atoms with Gasteiger partial charge in [0.2, 0.25) is 5.78 Å². The highest BCUT2D eigenvalue weighted by Gasteiger charge is 2.27. The van der Waals surface area contributed by atoms with Crippen molar-refractivity contribution in [2.45, 2.75) is 18.7 Å². The molecule has 0 saturated carbocycles. The summed E-state index contributed by atoms with van der Waals surface area (Å²) in [5, 5.41) is 2.35. The van der Waals surface area contributed by atoms with Gasteiger partial charge < -0.3 is 4.74 Å². The predicted octanol–water partition coefficient (Wildman–Crippen LogP) is 3.00. The van der Waals surface area contributed by atoms with Crippen molar-refractivity contribution in [3.8, 4) is 0 Å². The number of carbonyl (C=O) groups is 2. The lowest BCUT2D eigenvalue weighted by Gasteiger charge is -2.17. The Labute approximate surface area is 162 Å². The second kappa shape index (κ2) is 7.77. The minimum atomic E-state index is -4.01. The number of amides is 1. The molecule has 8 heteroatoms. The minimum Gasteiger partial charge on any atom is -0.450 e. The fourth-order valence-corrected chi connectivity index (χ4v) is 3.66. The van der Waals surface area contributed by atoms with E-state index in [2.05, 4.69) is 9.71 Å². The molecule has 1 N–H and O–H groups in total. The number of hydrogen-bond acceptors (Lipinski definition) is 5. The Morgan fingerprint density at radius 3 is 2.36 bits per heavy atom. The first-order valence-corrected chi connectivity index (χ1v) is 9.97. The molecular weight excluding hydrogens is 380 g/mol. The first kappa shape index (κ1) is 19.5. The van der Waals surface area contributed by atoms with Gasteiger partial charge in [0.25, 0.3) is 10.0 Å². The van der Waals surface area contributed by atoms with Crippen molar-refractivity contribution in [3.63, 3.8) is 0 Å². The Morgan fingerprint density at radius 2 is 1.71 bits per heavy atom. The van der Waals surface area contributed by atoms with Crippen LogP contribution < -0.4 is 5.32 Å². The Morgan fingerprint density at radius 1 is 1.07 bits per heavy atom. The smallest absolute Gasteiger partial charge is 0.411 e. The Bertz CT molecular complexity index is 1100. The standard InChI is InChI=1S/C20H18N2O5S/c1-3-27-20(24)21-18-12-17(15-6-4-5-7-16(15)19(18)23)22-28(25,26)14-10-8-13(2)9-11-14/h4-12H,3H2,1-2H3,(H,21,24). The summed E-state index contributed by atoms with van der Waals surface area (Å²) in [7, 11) is -4.01. The van der Waals surface area contributed by atoms with E-state index in [0.29, 0.717) is 5.56 Å². The van der Waals surface area contributed by atoms with Crippen LogP contribution in [0.3, 0.4) is 0 Å². The largest absolute Gasteiger partial charge is 0.450 e. The number of rotatable bonds is 4. The topological polar surface area (TPSA) is 102 Å². The minimum absolute atomic E-state index is 0.0354. The zero-order valence-electron chi connectivity index (χ0n) is 15.3. The van der Waals surface area contributed by atoms with E-state index in [9.17, 15) is 18.0 Å². The van der Waals surface area contributed by atoms with Crippen LogP contribution in [-0.2, 0) is 14.8 Å². The van der Waals surface area contributed by atoms with Gasteiger partial charge in [-0.15, -0.1) is 0 Å². The molecule has 0 heterocycles. The summed E-state index contributed by atoms with van der Waals surface area (Å²) in [5.41, 5.74) is 1.49. The molecule has 0 atom stereocenters. The number of fused-ring (bicyclic) bond motifs is 1. The zero-order chi connectivity index (χ0) is 20.3. The maximum Gasteiger partial charge on any atom is 0.411 e. The molecule has 0 radical (unpaired) electrons. The molecule has 0 aromatic heterocycles. The van der Waals surface area contributed by atoms with E-state index in [1.54, 1.807) is 43.3 Å². The summed E-state index contributed by atoms with van der Waals surface area (Å²) < 4.78 is 34.2. The molecule has 0 fully saturated rings. The van der Waals surface area contributed by atoms with Crippen LogP contribution in [0.1, 0.15) is 28.4 Å². The van der Waals surface area contributed by atoms with E-state index >= 15 is 0 Å². The summed E-state index contributed by atoms with van der Waals surface area (Å²) in [5.74, 6) is -0.449. The lowest BCUT2D eigenvalue weighted by Crippen LogP contribution is -2.32. The molecule has 1 amide bonds. The molecule has 2 aromatic carbocycles. The van der Waals surface area contributed by atoms with Crippen molar-refractivity contribution in [3.05, 3.63) is 77.0 Å². The third kappa shape index (κ3) is 4.01. The average molecular weight is 398 g/mol. The van der Waals surface area contributed by atoms with Gasteiger partial charge in [-0.3, -0.25) is 10.1 Å². The number of nitrogens with one attached hydrogen (secondary N) is 1. The Balaban J connectivity index is 2.09. The van der Waals surface area contributed by atoms with Crippen LogP contribution >= 0.6 is 0 Å². The van der Waals surface area contributed by atoms with Crippen molar-refractivity contribution < 1.29 is 22.7 Å². The number of benzene rings is 2. The van der Waals surface area contributed by atoms with Crippen molar-refractivity contribution in [2.24, 2.45) is 4.40 Å². The zero-order valence-corrected chi connectivity index (χ0v) is 16.1. The molecule has 144 valence electrons. The van der Waals surface area contributed by atoms with Crippen LogP contribution in [0.25, 0.3) is 0 Å². The number of aryl methyl sites for hydroxylation is 1. The number of alkyl carbamates (subject to hydrolysis) is 1. The van der Waals surface area contributed by atoms with Gasteiger partial charge in [-0.1, -0.05) is 42.0 Å². The highest BCUT2D eigenvalue weighted by atomic mass is 32.2.